The SMILES string of the molecule is CCOC(=O)C(CCC(N)c1ccc(S(=O)C(F)(F)F)cc1)(C(=O)OCC)C(=O)OC(C)(C)C. The second kappa shape index (κ2) is 11.8. The van der Waals surface area contributed by atoms with Gasteiger partial charge in [-0.2, -0.15) is 13.2 Å². The Morgan fingerprint density at radius 3 is 1.79 bits per heavy atom. The van der Waals surface area contributed by atoms with Crippen LogP contribution in [-0.2, 0) is 39.4 Å². The lowest BCUT2D eigenvalue weighted by molar-refractivity contribution is -0.189. The Hall–Kier alpha value is -2.47. The van der Waals surface area contributed by atoms with E-state index in [0.29, 0.717) is 5.56 Å². The van der Waals surface area contributed by atoms with Crippen LogP contribution in [-0.4, -0.2) is 46.4 Å². The maximum absolute atomic E-state index is 13.1. The first-order chi connectivity index (χ1) is 15.6. The van der Waals surface area contributed by atoms with Crippen LogP contribution in [0.3, 0.4) is 0 Å². The highest BCUT2D eigenvalue weighted by Crippen LogP contribution is 2.35. The van der Waals surface area contributed by atoms with Crippen molar-refractivity contribution in [2.24, 2.45) is 11.1 Å². The van der Waals surface area contributed by atoms with Gasteiger partial charge in [0, 0.05) is 10.9 Å². The zero-order chi connectivity index (χ0) is 26.3. The summed E-state index contributed by atoms with van der Waals surface area (Å²) in [5, 5.41) is 0. The lowest BCUT2D eigenvalue weighted by atomic mass is 9.80. The first kappa shape index (κ1) is 29.6. The van der Waals surface area contributed by atoms with E-state index >= 15 is 0 Å². The summed E-state index contributed by atoms with van der Waals surface area (Å²) in [5.74, 6) is -3.45. The molecule has 2 unspecified atom stereocenters. The van der Waals surface area contributed by atoms with Crippen molar-refractivity contribution >= 4 is 28.7 Å². The molecule has 2 N–H and O–H groups in total. The second-order valence-electron chi connectivity index (χ2n) is 8.28. The number of carbonyl (C=O) groups is 3. The Bertz CT molecular complexity index is 877. The van der Waals surface area contributed by atoms with Crippen molar-refractivity contribution in [2.45, 2.75) is 69.5 Å². The third-order valence-corrected chi connectivity index (χ3v) is 5.68. The third kappa shape index (κ3) is 7.52. The smallest absolute Gasteiger partial charge is 0.465 e. The number of alkyl halides is 3. The number of benzene rings is 1. The van der Waals surface area contributed by atoms with Crippen LogP contribution in [0.2, 0.25) is 0 Å². The molecule has 0 saturated heterocycles. The Kier molecular flexibility index (Phi) is 10.2. The standard InChI is InChI=1S/C22H30F3NO7S/c1-6-31-17(27)21(18(28)32-7-2,19(29)33-20(3,4)5)13-12-16(26)14-8-10-15(11-9-14)34(30)22(23,24)25/h8-11,16H,6-7,12-13,26H2,1-5H3. The fourth-order valence-electron chi connectivity index (χ4n) is 2.94. The number of carbonyl (C=O) groups excluding carboxylic acids is 3. The summed E-state index contributed by atoms with van der Waals surface area (Å²) in [6, 6.07) is 3.67. The van der Waals surface area contributed by atoms with Gasteiger partial charge in [0.2, 0.25) is 0 Å². The first-order valence-electron chi connectivity index (χ1n) is 10.5. The van der Waals surface area contributed by atoms with E-state index in [1.807, 2.05) is 0 Å². The predicted molar refractivity (Wildman–Crippen MR) is 117 cm³/mol. The number of halogens is 3. The largest absolute Gasteiger partial charge is 0.475 e. The molecule has 0 saturated carbocycles. The van der Waals surface area contributed by atoms with E-state index in [1.165, 1.54) is 26.0 Å². The quantitative estimate of drug-likeness (QED) is 0.289. The van der Waals surface area contributed by atoms with Gasteiger partial charge >= 0.3 is 23.4 Å². The van der Waals surface area contributed by atoms with Crippen LogP contribution in [0.1, 0.15) is 59.1 Å². The average molecular weight is 510 g/mol. The molecular formula is C22H30F3NO7S. The molecule has 0 bridgehead atoms. The zero-order valence-corrected chi connectivity index (χ0v) is 20.5. The molecule has 192 valence electrons. The number of rotatable bonds is 10. The molecule has 0 heterocycles. The van der Waals surface area contributed by atoms with Gasteiger partial charge in [-0.05, 0) is 65.2 Å². The molecule has 0 aliphatic rings. The van der Waals surface area contributed by atoms with E-state index in [2.05, 4.69) is 0 Å². The molecular weight excluding hydrogens is 479 g/mol. The molecule has 0 aromatic heterocycles. The van der Waals surface area contributed by atoms with E-state index in [1.54, 1.807) is 20.8 Å². The molecule has 1 rings (SSSR count). The van der Waals surface area contributed by atoms with Crippen LogP contribution in [0.25, 0.3) is 0 Å². The minimum Gasteiger partial charge on any atom is -0.465 e. The molecule has 12 heteroatoms. The molecule has 0 aliphatic carbocycles. The highest BCUT2D eigenvalue weighted by atomic mass is 32.2. The van der Waals surface area contributed by atoms with Crippen molar-refractivity contribution in [2.75, 3.05) is 13.2 Å². The van der Waals surface area contributed by atoms with Crippen molar-refractivity contribution in [3.05, 3.63) is 29.8 Å². The van der Waals surface area contributed by atoms with Crippen LogP contribution < -0.4 is 5.73 Å². The van der Waals surface area contributed by atoms with Gasteiger partial charge in [-0.25, -0.2) is 4.21 Å². The van der Waals surface area contributed by atoms with Gasteiger partial charge in [0.25, 0.3) is 5.41 Å². The van der Waals surface area contributed by atoms with Crippen molar-refractivity contribution < 1.29 is 46.0 Å². The van der Waals surface area contributed by atoms with Crippen LogP contribution in [0, 0.1) is 5.41 Å². The van der Waals surface area contributed by atoms with Gasteiger partial charge in [0.15, 0.2) is 10.8 Å². The fourth-order valence-corrected chi connectivity index (χ4v) is 3.59. The highest BCUT2D eigenvalue weighted by Gasteiger charge is 2.58. The topological polar surface area (TPSA) is 122 Å². The van der Waals surface area contributed by atoms with Gasteiger partial charge < -0.3 is 19.9 Å². The summed E-state index contributed by atoms with van der Waals surface area (Å²) in [7, 11) is -3.20. The van der Waals surface area contributed by atoms with Crippen LogP contribution in [0.5, 0.6) is 0 Å². The summed E-state index contributed by atoms with van der Waals surface area (Å²) >= 11 is 0. The van der Waals surface area contributed by atoms with Gasteiger partial charge in [0.05, 0.1) is 13.2 Å². The Labute approximate surface area is 198 Å². The Morgan fingerprint density at radius 1 is 0.941 bits per heavy atom. The van der Waals surface area contributed by atoms with Gasteiger partial charge in [-0.1, -0.05) is 12.1 Å². The van der Waals surface area contributed by atoms with Crippen molar-refractivity contribution in [3.8, 4) is 0 Å². The van der Waals surface area contributed by atoms with Gasteiger partial charge in [-0.15, -0.1) is 0 Å². The highest BCUT2D eigenvalue weighted by molar-refractivity contribution is 7.86. The molecule has 0 amide bonds. The number of nitrogens with two attached hydrogens (primary N) is 1. The number of hydrogen-bond acceptors (Lipinski definition) is 8. The van der Waals surface area contributed by atoms with E-state index in [4.69, 9.17) is 19.9 Å². The molecule has 8 nitrogen and oxygen atoms in total. The summed E-state index contributed by atoms with van der Waals surface area (Å²) < 4.78 is 64.8. The van der Waals surface area contributed by atoms with Crippen molar-refractivity contribution in [1.29, 1.82) is 0 Å². The maximum Gasteiger partial charge on any atom is 0.475 e. The molecule has 1 aromatic carbocycles. The molecule has 0 fully saturated rings. The number of hydrogen-bond donors (Lipinski definition) is 1. The van der Waals surface area contributed by atoms with Gasteiger partial charge in [-0.3, -0.25) is 14.4 Å². The van der Waals surface area contributed by atoms with Crippen LogP contribution in [0.15, 0.2) is 29.2 Å². The van der Waals surface area contributed by atoms with Crippen LogP contribution in [0.4, 0.5) is 13.2 Å². The zero-order valence-electron chi connectivity index (χ0n) is 19.7. The summed E-state index contributed by atoms with van der Waals surface area (Å²) in [6.07, 6.45) is -0.560. The maximum atomic E-state index is 13.1. The molecule has 0 radical (unpaired) electrons. The lowest BCUT2D eigenvalue weighted by Gasteiger charge is -2.31. The summed E-state index contributed by atoms with van der Waals surface area (Å²) in [4.78, 5) is 38.3. The first-order valence-corrected chi connectivity index (χ1v) is 11.7. The molecule has 0 aliphatic heterocycles. The molecule has 0 spiro atoms. The third-order valence-electron chi connectivity index (χ3n) is 4.56. The molecule has 2 atom stereocenters. The van der Waals surface area contributed by atoms with Gasteiger partial charge in [0.1, 0.15) is 5.60 Å². The molecule has 34 heavy (non-hydrogen) atoms. The summed E-state index contributed by atoms with van der Waals surface area (Å²) in [6.45, 7) is 7.44. The Balaban J connectivity index is 3.26. The summed E-state index contributed by atoms with van der Waals surface area (Å²) in [5.41, 5.74) is -1.90. The van der Waals surface area contributed by atoms with E-state index in [0.717, 1.165) is 12.1 Å². The Morgan fingerprint density at radius 2 is 1.41 bits per heavy atom. The van der Waals surface area contributed by atoms with E-state index in [9.17, 15) is 31.8 Å². The van der Waals surface area contributed by atoms with E-state index < -0.39 is 62.6 Å². The normalized spacial score (nSPS) is 14.1. The van der Waals surface area contributed by atoms with Crippen molar-refractivity contribution in [1.82, 2.24) is 0 Å². The van der Waals surface area contributed by atoms with Crippen LogP contribution >= 0.6 is 0 Å². The monoisotopic (exact) mass is 509 g/mol. The number of esters is 3. The number of ether oxygens (including phenoxy) is 3. The fraction of sp³-hybridized carbons (Fsp3) is 0.591. The van der Waals surface area contributed by atoms with Crippen molar-refractivity contribution in [3.63, 3.8) is 0 Å². The minimum atomic E-state index is -4.91. The minimum absolute atomic E-state index is 0.118. The second-order valence-corrected chi connectivity index (χ2v) is 9.75. The predicted octanol–water partition coefficient (Wildman–Crippen LogP) is 3.55. The average Bonchev–Trinajstić information content (AvgIpc) is 2.72. The molecule has 1 aromatic rings. The lowest BCUT2D eigenvalue weighted by Crippen LogP contribution is -2.51. The van der Waals surface area contributed by atoms with E-state index in [-0.39, 0.29) is 19.6 Å².